The summed E-state index contributed by atoms with van der Waals surface area (Å²) >= 11 is 0. The van der Waals surface area contributed by atoms with Gasteiger partial charge in [0.2, 0.25) is 5.91 Å². The van der Waals surface area contributed by atoms with Gasteiger partial charge in [0.15, 0.2) is 9.76 Å². The van der Waals surface area contributed by atoms with Crippen LogP contribution in [0.4, 0.5) is 11.4 Å². The summed E-state index contributed by atoms with van der Waals surface area (Å²) in [7, 11) is 1.24. The van der Waals surface area contributed by atoms with Crippen LogP contribution in [0.2, 0.25) is 5.04 Å². The molecule has 2 aliphatic rings. The van der Waals surface area contributed by atoms with Crippen molar-refractivity contribution in [2.75, 3.05) is 23.4 Å². The van der Waals surface area contributed by atoms with E-state index >= 15 is 0 Å². The Labute approximate surface area is 195 Å². The molecular formula is C26H37N3O2Si. The number of amides is 1. The monoisotopic (exact) mass is 451 g/mol. The number of anilines is 2. The summed E-state index contributed by atoms with van der Waals surface area (Å²) in [5.41, 5.74) is 5.54. The van der Waals surface area contributed by atoms with E-state index in [1.807, 2.05) is 19.4 Å². The van der Waals surface area contributed by atoms with Crippen molar-refractivity contribution in [3.63, 3.8) is 0 Å². The molecule has 0 N–H and O–H groups in total. The summed E-state index contributed by atoms with van der Waals surface area (Å²) in [6, 6.07) is 9.03. The number of hydrogen-bond donors (Lipinski definition) is 0. The number of pyridine rings is 1. The first kappa shape index (κ1) is 23.0. The lowest BCUT2D eigenvalue weighted by atomic mass is 9.95. The lowest BCUT2D eigenvalue weighted by molar-refractivity contribution is -0.118. The SMILES string of the molecule is CN1C(=O)CCc2cc(-c3cncc(N4CCC[C@@H]4C(C)(C)O[SiH2]C(C)(C)C)c3)ccc21. The molecule has 6 heteroatoms. The van der Waals surface area contributed by atoms with Crippen molar-refractivity contribution in [2.45, 2.75) is 77.0 Å². The Morgan fingerprint density at radius 1 is 1.06 bits per heavy atom. The second-order valence-corrected chi connectivity index (χ2v) is 13.7. The third-order valence-electron chi connectivity index (χ3n) is 6.74. The van der Waals surface area contributed by atoms with Crippen molar-refractivity contribution in [1.82, 2.24) is 4.98 Å². The number of carbonyl (C=O) groups is 1. The van der Waals surface area contributed by atoms with Crippen LogP contribution < -0.4 is 9.80 Å². The first-order chi connectivity index (χ1) is 15.0. The van der Waals surface area contributed by atoms with Gasteiger partial charge >= 0.3 is 0 Å². The molecule has 1 saturated heterocycles. The standard InChI is InChI=1S/C26H37N3O2Si/c1-25(2,3)32-31-26(4,5)23-8-7-13-29(23)21-15-20(16-27-17-21)18-9-11-22-19(14-18)10-12-24(30)28(22)6/h9,11,14-17,23H,7-8,10,12-13,32H2,1-6H3/t23-/m1/s1. The molecule has 3 heterocycles. The van der Waals surface area contributed by atoms with Crippen molar-refractivity contribution in [1.29, 1.82) is 0 Å². The van der Waals surface area contributed by atoms with Gasteiger partial charge < -0.3 is 14.2 Å². The van der Waals surface area contributed by atoms with Gasteiger partial charge in [-0.1, -0.05) is 26.8 Å². The van der Waals surface area contributed by atoms with Gasteiger partial charge in [-0.3, -0.25) is 9.78 Å². The molecule has 5 nitrogen and oxygen atoms in total. The van der Waals surface area contributed by atoms with Gasteiger partial charge in [0, 0.05) is 37.5 Å². The first-order valence-corrected chi connectivity index (χ1v) is 13.1. The van der Waals surface area contributed by atoms with Crippen LogP contribution in [0.3, 0.4) is 0 Å². The van der Waals surface area contributed by atoms with Crippen molar-refractivity contribution in [2.24, 2.45) is 0 Å². The molecular weight excluding hydrogens is 414 g/mol. The van der Waals surface area contributed by atoms with Crippen molar-refractivity contribution >= 4 is 27.0 Å². The zero-order valence-electron chi connectivity index (χ0n) is 20.4. The molecule has 1 aromatic carbocycles. The molecule has 1 atom stereocenters. The van der Waals surface area contributed by atoms with Crippen LogP contribution in [-0.4, -0.2) is 45.9 Å². The van der Waals surface area contributed by atoms with E-state index in [4.69, 9.17) is 4.43 Å². The summed E-state index contributed by atoms with van der Waals surface area (Å²) in [5.74, 6) is 0.188. The van der Waals surface area contributed by atoms with Gasteiger partial charge in [0.25, 0.3) is 0 Å². The maximum atomic E-state index is 12.0. The maximum absolute atomic E-state index is 12.0. The highest BCUT2D eigenvalue weighted by Crippen LogP contribution is 2.37. The number of nitrogens with zero attached hydrogens (tertiary/aromatic N) is 3. The van der Waals surface area contributed by atoms with Gasteiger partial charge in [-0.15, -0.1) is 0 Å². The minimum Gasteiger partial charge on any atom is -0.416 e. The Hall–Kier alpha value is -2.18. The summed E-state index contributed by atoms with van der Waals surface area (Å²) < 4.78 is 6.57. The van der Waals surface area contributed by atoms with E-state index in [1.165, 1.54) is 17.7 Å². The van der Waals surface area contributed by atoms with Crippen LogP contribution in [-0.2, 0) is 15.6 Å². The highest BCUT2D eigenvalue weighted by molar-refractivity contribution is 6.31. The van der Waals surface area contributed by atoms with Crippen molar-refractivity contribution < 1.29 is 9.22 Å². The van der Waals surface area contributed by atoms with E-state index in [1.54, 1.807) is 4.90 Å². The summed E-state index contributed by atoms with van der Waals surface area (Å²) in [6.45, 7) is 12.4. The van der Waals surface area contributed by atoms with E-state index in [0.717, 1.165) is 36.2 Å². The fraction of sp³-hybridized carbons (Fsp3) is 0.538. The van der Waals surface area contributed by atoms with E-state index in [0.29, 0.717) is 12.5 Å². The number of aryl methyl sites for hydroxylation is 1. The second kappa shape index (κ2) is 8.63. The van der Waals surface area contributed by atoms with Crippen molar-refractivity contribution in [3.05, 3.63) is 42.2 Å². The van der Waals surface area contributed by atoms with E-state index < -0.39 is 9.76 Å². The molecule has 1 aromatic heterocycles. The molecule has 0 radical (unpaired) electrons. The summed E-state index contributed by atoms with van der Waals surface area (Å²) in [4.78, 5) is 20.9. The molecule has 2 aliphatic heterocycles. The van der Waals surface area contributed by atoms with Crippen LogP contribution in [0.1, 0.15) is 59.4 Å². The number of benzene rings is 1. The largest absolute Gasteiger partial charge is 0.416 e. The van der Waals surface area contributed by atoms with Gasteiger partial charge in [-0.05, 0) is 67.5 Å². The predicted octanol–water partition coefficient (Wildman–Crippen LogP) is 4.72. The average Bonchev–Trinajstić information content (AvgIpc) is 3.26. The molecule has 4 rings (SSSR count). The fourth-order valence-electron chi connectivity index (χ4n) is 4.88. The third-order valence-corrected chi connectivity index (χ3v) is 8.50. The highest BCUT2D eigenvalue weighted by Gasteiger charge is 2.39. The van der Waals surface area contributed by atoms with E-state index in [2.05, 4.69) is 68.8 Å². The molecule has 2 aromatic rings. The molecule has 172 valence electrons. The first-order valence-electron chi connectivity index (χ1n) is 11.8. The number of carbonyl (C=O) groups excluding carboxylic acids is 1. The topological polar surface area (TPSA) is 45.7 Å². The maximum Gasteiger partial charge on any atom is 0.227 e. The van der Waals surface area contributed by atoms with Crippen molar-refractivity contribution in [3.8, 4) is 11.1 Å². The zero-order valence-corrected chi connectivity index (χ0v) is 21.9. The summed E-state index contributed by atoms with van der Waals surface area (Å²) in [5, 5.41) is 0.285. The van der Waals surface area contributed by atoms with Crippen LogP contribution >= 0.6 is 0 Å². The lowest BCUT2D eigenvalue weighted by Gasteiger charge is -2.40. The van der Waals surface area contributed by atoms with E-state index in [-0.39, 0.29) is 16.5 Å². The van der Waals surface area contributed by atoms with Crippen LogP contribution in [0.5, 0.6) is 0 Å². The molecule has 32 heavy (non-hydrogen) atoms. The van der Waals surface area contributed by atoms with Gasteiger partial charge in [0.1, 0.15) is 0 Å². The van der Waals surface area contributed by atoms with Gasteiger partial charge in [0.05, 0.1) is 23.5 Å². The van der Waals surface area contributed by atoms with Gasteiger partial charge in [-0.25, -0.2) is 0 Å². The average molecular weight is 452 g/mol. The molecule has 0 bridgehead atoms. The molecule has 0 unspecified atom stereocenters. The Balaban J connectivity index is 1.58. The molecule has 0 aliphatic carbocycles. The Morgan fingerprint density at radius 3 is 2.59 bits per heavy atom. The van der Waals surface area contributed by atoms with Crippen LogP contribution in [0.15, 0.2) is 36.7 Å². The Bertz CT molecular complexity index is 999. The summed E-state index contributed by atoms with van der Waals surface area (Å²) in [6.07, 6.45) is 7.64. The van der Waals surface area contributed by atoms with Crippen LogP contribution in [0.25, 0.3) is 11.1 Å². The highest BCUT2D eigenvalue weighted by atomic mass is 28.2. The van der Waals surface area contributed by atoms with E-state index in [9.17, 15) is 4.79 Å². The number of rotatable bonds is 5. The Kier molecular flexibility index (Phi) is 6.20. The lowest BCUT2D eigenvalue weighted by Crippen LogP contribution is -2.49. The number of aromatic nitrogens is 1. The fourth-order valence-corrected chi connectivity index (χ4v) is 5.87. The minimum atomic E-state index is -0.627. The van der Waals surface area contributed by atoms with Crippen LogP contribution in [0, 0.1) is 0 Å². The second-order valence-electron chi connectivity index (χ2n) is 11.0. The number of fused-ring (bicyclic) bond motifs is 1. The predicted molar refractivity (Wildman–Crippen MR) is 135 cm³/mol. The molecule has 1 fully saturated rings. The third kappa shape index (κ3) is 4.76. The zero-order chi connectivity index (χ0) is 23.1. The molecule has 0 spiro atoms. The Morgan fingerprint density at radius 2 is 1.84 bits per heavy atom. The molecule has 0 saturated carbocycles. The smallest absolute Gasteiger partial charge is 0.227 e. The molecule has 1 amide bonds. The quantitative estimate of drug-likeness (QED) is 0.617. The minimum absolute atomic E-state index is 0.172. The number of hydrogen-bond acceptors (Lipinski definition) is 4. The van der Waals surface area contributed by atoms with Gasteiger partial charge in [-0.2, -0.15) is 0 Å². The normalized spacial score (nSPS) is 19.8.